The highest BCUT2D eigenvalue weighted by atomic mass is 16.5. The number of rotatable bonds is 5. The van der Waals surface area contributed by atoms with E-state index in [0.717, 1.165) is 0 Å². The molecule has 1 aliphatic heterocycles. The van der Waals surface area contributed by atoms with E-state index < -0.39 is 5.97 Å². The van der Waals surface area contributed by atoms with Crippen LogP contribution in [0.2, 0.25) is 0 Å². The quantitative estimate of drug-likeness (QED) is 0.603. The number of carbonyl (C=O) groups excluding carboxylic acids is 1. The lowest BCUT2D eigenvalue weighted by atomic mass is 10.5. The van der Waals surface area contributed by atoms with Gasteiger partial charge in [-0.2, -0.15) is 0 Å². The molecular formula is C10H16N6O4. The van der Waals surface area contributed by atoms with E-state index in [0.29, 0.717) is 39.4 Å². The summed E-state index contributed by atoms with van der Waals surface area (Å²) in [4.78, 5) is 22.2. The molecule has 0 spiro atoms. The molecule has 2 amide bonds. The maximum absolute atomic E-state index is 11.6. The van der Waals surface area contributed by atoms with E-state index in [9.17, 15) is 9.59 Å². The minimum Gasteiger partial charge on any atom is -0.476 e. The SMILES string of the molecule is O=C(NCCn1cc(C(=O)O)nn1)NN1CCOCC1. The lowest BCUT2D eigenvalue weighted by Crippen LogP contribution is -2.52. The van der Waals surface area contributed by atoms with Crippen molar-refractivity contribution in [2.75, 3.05) is 32.8 Å². The van der Waals surface area contributed by atoms with Crippen molar-refractivity contribution in [1.29, 1.82) is 0 Å². The number of morpholine rings is 1. The maximum Gasteiger partial charge on any atom is 0.358 e. The Morgan fingerprint density at radius 1 is 1.40 bits per heavy atom. The smallest absolute Gasteiger partial charge is 0.358 e. The first-order chi connectivity index (χ1) is 9.65. The van der Waals surface area contributed by atoms with E-state index in [1.54, 1.807) is 5.01 Å². The summed E-state index contributed by atoms with van der Waals surface area (Å²) in [6, 6.07) is -0.314. The van der Waals surface area contributed by atoms with Crippen LogP contribution in [-0.2, 0) is 11.3 Å². The van der Waals surface area contributed by atoms with Gasteiger partial charge in [0.05, 0.1) is 26.0 Å². The molecule has 0 atom stereocenters. The minimum absolute atomic E-state index is 0.122. The summed E-state index contributed by atoms with van der Waals surface area (Å²) >= 11 is 0. The Kier molecular flexibility index (Phi) is 4.85. The lowest BCUT2D eigenvalue weighted by Gasteiger charge is -2.26. The van der Waals surface area contributed by atoms with E-state index in [1.165, 1.54) is 10.9 Å². The van der Waals surface area contributed by atoms with Gasteiger partial charge in [0, 0.05) is 19.6 Å². The Hall–Kier alpha value is -2.20. The van der Waals surface area contributed by atoms with Gasteiger partial charge in [-0.25, -0.2) is 19.3 Å². The Labute approximate surface area is 114 Å². The zero-order valence-corrected chi connectivity index (χ0v) is 10.8. The number of hydrogen-bond donors (Lipinski definition) is 3. The van der Waals surface area contributed by atoms with Crippen LogP contribution in [0.15, 0.2) is 6.20 Å². The average Bonchev–Trinajstić information content (AvgIpc) is 2.89. The fourth-order valence-electron chi connectivity index (χ4n) is 1.65. The molecule has 1 aromatic rings. The number of nitrogens with zero attached hydrogens (tertiary/aromatic N) is 4. The highest BCUT2D eigenvalue weighted by Gasteiger charge is 2.12. The van der Waals surface area contributed by atoms with Crippen molar-refractivity contribution in [1.82, 2.24) is 30.7 Å². The molecule has 10 nitrogen and oxygen atoms in total. The number of aromatic nitrogens is 3. The molecule has 10 heteroatoms. The van der Waals surface area contributed by atoms with E-state index in [2.05, 4.69) is 21.1 Å². The Morgan fingerprint density at radius 3 is 2.80 bits per heavy atom. The van der Waals surface area contributed by atoms with Crippen molar-refractivity contribution in [2.24, 2.45) is 0 Å². The first-order valence-electron chi connectivity index (χ1n) is 6.16. The summed E-state index contributed by atoms with van der Waals surface area (Å²) in [5, 5.41) is 20.2. The van der Waals surface area contributed by atoms with E-state index in [4.69, 9.17) is 9.84 Å². The molecule has 20 heavy (non-hydrogen) atoms. The second-order valence-corrected chi connectivity index (χ2v) is 4.14. The highest BCUT2D eigenvalue weighted by molar-refractivity contribution is 5.84. The molecule has 0 unspecified atom stereocenters. The van der Waals surface area contributed by atoms with Gasteiger partial charge in [0.2, 0.25) is 0 Å². The molecule has 1 aromatic heterocycles. The van der Waals surface area contributed by atoms with Crippen LogP contribution in [0, 0.1) is 0 Å². The van der Waals surface area contributed by atoms with Crippen LogP contribution in [0.4, 0.5) is 4.79 Å². The van der Waals surface area contributed by atoms with Gasteiger partial charge in [0.15, 0.2) is 5.69 Å². The zero-order valence-electron chi connectivity index (χ0n) is 10.8. The summed E-state index contributed by atoms with van der Waals surface area (Å²) in [5.41, 5.74) is 2.57. The molecule has 1 aliphatic rings. The van der Waals surface area contributed by atoms with Crippen molar-refractivity contribution in [3.8, 4) is 0 Å². The van der Waals surface area contributed by atoms with Gasteiger partial charge in [-0.05, 0) is 0 Å². The number of carboxylic acid groups (broad SMARTS) is 1. The first-order valence-corrected chi connectivity index (χ1v) is 6.16. The van der Waals surface area contributed by atoms with Crippen LogP contribution < -0.4 is 10.7 Å². The Bertz CT molecular complexity index is 470. The average molecular weight is 284 g/mol. The van der Waals surface area contributed by atoms with Crippen LogP contribution in [0.1, 0.15) is 10.5 Å². The fraction of sp³-hybridized carbons (Fsp3) is 0.600. The molecule has 2 heterocycles. The minimum atomic E-state index is -1.13. The monoisotopic (exact) mass is 284 g/mol. The topological polar surface area (TPSA) is 122 Å². The van der Waals surface area contributed by atoms with E-state index in [1.807, 2.05) is 0 Å². The number of aromatic carboxylic acids is 1. The van der Waals surface area contributed by atoms with Crippen molar-refractivity contribution >= 4 is 12.0 Å². The van der Waals surface area contributed by atoms with Gasteiger partial charge < -0.3 is 15.2 Å². The molecule has 110 valence electrons. The number of carboxylic acids is 1. The van der Waals surface area contributed by atoms with Gasteiger partial charge in [-0.3, -0.25) is 5.43 Å². The van der Waals surface area contributed by atoms with Gasteiger partial charge in [0.1, 0.15) is 0 Å². The number of urea groups is 1. The largest absolute Gasteiger partial charge is 0.476 e. The fourth-order valence-corrected chi connectivity index (χ4v) is 1.65. The standard InChI is InChI=1S/C10H16N6O4/c17-9(18)8-7-16(14-12-8)2-1-11-10(19)13-15-3-5-20-6-4-15/h7H,1-6H2,(H,17,18)(H2,11,13,19). The van der Waals surface area contributed by atoms with Crippen LogP contribution in [0.3, 0.4) is 0 Å². The van der Waals surface area contributed by atoms with Gasteiger partial charge >= 0.3 is 12.0 Å². The third-order valence-electron chi connectivity index (χ3n) is 2.65. The zero-order chi connectivity index (χ0) is 14.4. The second kappa shape index (κ2) is 6.82. The normalized spacial score (nSPS) is 15.8. The summed E-state index contributed by atoms with van der Waals surface area (Å²) in [7, 11) is 0. The van der Waals surface area contributed by atoms with Crippen LogP contribution in [0.5, 0.6) is 0 Å². The number of hydrazine groups is 1. The molecule has 0 saturated carbocycles. The number of ether oxygens (including phenoxy) is 1. The van der Waals surface area contributed by atoms with Gasteiger partial charge in [-0.15, -0.1) is 5.10 Å². The predicted molar refractivity (Wildman–Crippen MR) is 65.9 cm³/mol. The first kappa shape index (κ1) is 14.2. The molecule has 0 radical (unpaired) electrons. The van der Waals surface area contributed by atoms with Gasteiger partial charge in [-0.1, -0.05) is 5.21 Å². The summed E-state index contributed by atoms with van der Waals surface area (Å²) in [6.45, 7) is 3.15. The predicted octanol–water partition coefficient (Wildman–Crippen LogP) is -1.48. The third-order valence-corrected chi connectivity index (χ3v) is 2.65. The highest BCUT2D eigenvalue weighted by Crippen LogP contribution is 1.93. The summed E-state index contributed by atoms with van der Waals surface area (Å²) < 4.78 is 6.52. The summed E-state index contributed by atoms with van der Waals surface area (Å²) in [5.74, 6) is -1.13. The molecule has 2 rings (SSSR count). The molecule has 0 aliphatic carbocycles. The maximum atomic E-state index is 11.6. The van der Waals surface area contributed by atoms with Crippen LogP contribution in [-0.4, -0.2) is 70.0 Å². The second-order valence-electron chi connectivity index (χ2n) is 4.14. The van der Waals surface area contributed by atoms with Crippen LogP contribution in [0.25, 0.3) is 0 Å². The molecule has 1 fully saturated rings. The van der Waals surface area contributed by atoms with Crippen molar-refractivity contribution in [3.05, 3.63) is 11.9 Å². The van der Waals surface area contributed by atoms with Crippen LogP contribution >= 0.6 is 0 Å². The number of hydrogen-bond acceptors (Lipinski definition) is 6. The van der Waals surface area contributed by atoms with Crippen molar-refractivity contribution in [3.63, 3.8) is 0 Å². The Morgan fingerprint density at radius 2 is 2.15 bits per heavy atom. The summed E-state index contributed by atoms with van der Waals surface area (Å²) in [6.07, 6.45) is 1.31. The lowest BCUT2D eigenvalue weighted by molar-refractivity contribution is 0.0195. The van der Waals surface area contributed by atoms with E-state index in [-0.39, 0.29) is 11.7 Å². The van der Waals surface area contributed by atoms with Gasteiger partial charge in [0.25, 0.3) is 0 Å². The molecular weight excluding hydrogens is 268 g/mol. The van der Waals surface area contributed by atoms with Crippen molar-refractivity contribution in [2.45, 2.75) is 6.54 Å². The Balaban J connectivity index is 1.66. The molecule has 0 bridgehead atoms. The van der Waals surface area contributed by atoms with E-state index >= 15 is 0 Å². The number of amides is 2. The van der Waals surface area contributed by atoms with Crippen molar-refractivity contribution < 1.29 is 19.4 Å². The molecule has 1 saturated heterocycles. The number of carbonyl (C=O) groups is 2. The number of nitrogens with one attached hydrogen (secondary N) is 2. The molecule has 3 N–H and O–H groups in total. The molecule has 0 aromatic carbocycles. The third kappa shape index (κ3) is 4.17.